The smallest absolute Gasteiger partial charge is 0.137 e. The molecule has 1 heterocycles. The van der Waals surface area contributed by atoms with Crippen LogP contribution in [0.25, 0.3) is 11.3 Å². The predicted octanol–water partition coefficient (Wildman–Crippen LogP) is 5.22. The number of rotatable bonds is 5. The second-order valence-corrected chi connectivity index (χ2v) is 5.81. The van der Waals surface area contributed by atoms with E-state index in [1.165, 1.54) is 6.07 Å². The van der Waals surface area contributed by atoms with Crippen molar-refractivity contribution < 1.29 is 8.81 Å². The van der Waals surface area contributed by atoms with Gasteiger partial charge in [-0.25, -0.2) is 4.39 Å². The van der Waals surface area contributed by atoms with Crippen molar-refractivity contribution in [2.75, 3.05) is 6.54 Å². The van der Waals surface area contributed by atoms with Crippen LogP contribution in [0.2, 0.25) is 0 Å². The second-order valence-electron chi connectivity index (χ2n) is 4.96. The molecule has 0 spiro atoms. The van der Waals surface area contributed by atoms with Crippen molar-refractivity contribution in [2.45, 2.75) is 33.2 Å². The second kappa shape index (κ2) is 6.55. The molecule has 2 aromatic rings. The van der Waals surface area contributed by atoms with Crippen LogP contribution in [0.5, 0.6) is 0 Å². The molecule has 0 radical (unpaired) electrons. The first-order valence-electron chi connectivity index (χ1n) is 6.82. The zero-order valence-electron chi connectivity index (χ0n) is 12.0. The summed E-state index contributed by atoms with van der Waals surface area (Å²) in [5.74, 6) is 1.41. The van der Waals surface area contributed by atoms with Gasteiger partial charge in [0.25, 0.3) is 0 Å². The molecule has 2 nitrogen and oxygen atoms in total. The van der Waals surface area contributed by atoms with Gasteiger partial charge in [0.15, 0.2) is 0 Å². The summed E-state index contributed by atoms with van der Waals surface area (Å²) in [4.78, 5) is 0. The van der Waals surface area contributed by atoms with Gasteiger partial charge in [-0.15, -0.1) is 0 Å². The van der Waals surface area contributed by atoms with E-state index in [1.54, 1.807) is 6.07 Å². The summed E-state index contributed by atoms with van der Waals surface area (Å²) in [5, 5.41) is 3.39. The number of furan rings is 1. The van der Waals surface area contributed by atoms with Crippen molar-refractivity contribution in [3.05, 3.63) is 45.9 Å². The van der Waals surface area contributed by atoms with Gasteiger partial charge in [-0.05, 0) is 72.6 Å². The van der Waals surface area contributed by atoms with Crippen LogP contribution in [0.3, 0.4) is 0 Å². The minimum atomic E-state index is -0.254. The van der Waals surface area contributed by atoms with E-state index in [4.69, 9.17) is 4.42 Å². The summed E-state index contributed by atoms with van der Waals surface area (Å²) in [6.07, 6.45) is 1.09. The van der Waals surface area contributed by atoms with Gasteiger partial charge in [0.2, 0.25) is 0 Å². The number of benzene rings is 1. The Labute approximate surface area is 127 Å². The first-order valence-corrected chi connectivity index (χ1v) is 7.61. The topological polar surface area (TPSA) is 25.2 Å². The summed E-state index contributed by atoms with van der Waals surface area (Å²) in [7, 11) is 0. The van der Waals surface area contributed by atoms with Crippen molar-refractivity contribution >= 4 is 15.9 Å². The monoisotopic (exact) mass is 339 g/mol. The summed E-state index contributed by atoms with van der Waals surface area (Å²) < 4.78 is 19.8. The van der Waals surface area contributed by atoms with Crippen molar-refractivity contribution in [3.63, 3.8) is 0 Å². The average Bonchev–Trinajstić information content (AvgIpc) is 2.89. The highest BCUT2D eigenvalue weighted by molar-refractivity contribution is 9.10. The van der Waals surface area contributed by atoms with Gasteiger partial charge in [0, 0.05) is 5.56 Å². The molecule has 0 fully saturated rings. The average molecular weight is 340 g/mol. The van der Waals surface area contributed by atoms with E-state index >= 15 is 0 Å². The lowest BCUT2D eigenvalue weighted by Gasteiger charge is -2.10. The third-order valence-corrected chi connectivity index (χ3v) is 3.89. The third-order valence-electron chi connectivity index (χ3n) is 3.29. The SMILES string of the molecule is CCCNC(C)c1ccc(-c2cc(Br)c(F)cc2C)o1. The molecular formula is C16H19BrFNO. The fourth-order valence-corrected chi connectivity index (χ4v) is 2.45. The third kappa shape index (κ3) is 3.30. The number of nitrogens with one attached hydrogen (secondary N) is 1. The molecule has 1 N–H and O–H groups in total. The quantitative estimate of drug-likeness (QED) is 0.807. The Bertz CT molecular complexity index is 594. The van der Waals surface area contributed by atoms with Gasteiger partial charge in [-0.3, -0.25) is 0 Å². The molecule has 108 valence electrons. The predicted molar refractivity (Wildman–Crippen MR) is 83.2 cm³/mol. The molecular weight excluding hydrogens is 321 g/mol. The fourth-order valence-electron chi connectivity index (χ4n) is 2.10. The van der Waals surface area contributed by atoms with E-state index < -0.39 is 0 Å². The molecule has 0 aliphatic carbocycles. The Morgan fingerprint density at radius 1 is 1.35 bits per heavy atom. The van der Waals surface area contributed by atoms with E-state index in [2.05, 4.69) is 35.1 Å². The molecule has 1 unspecified atom stereocenters. The van der Waals surface area contributed by atoms with Crippen molar-refractivity contribution in [1.82, 2.24) is 5.32 Å². The Kier molecular flexibility index (Phi) is 5.00. The van der Waals surface area contributed by atoms with Crippen LogP contribution in [0, 0.1) is 12.7 Å². The van der Waals surface area contributed by atoms with E-state index in [0.717, 1.165) is 35.6 Å². The zero-order valence-corrected chi connectivity index (χ0v) is 13.6. The summed E-state index contributed by atoms with van der Waals surface area (Å²) >= 11 is 3.22. The maximum atomic E-state index is 13.5. The number of hydrogen-bond acceptors (Lipinski definition) is 2. The maximum absolute atomic E-state index is 13.5. The van der Waals surface area contributed by atoms with Gasteiger partial charge >= 0.3 is 0 Å². The Hall–Kier alpha value is -1.13. The minimum absolute atomic E-state index is 0.174. The molecule has 0 saturated carbocycles. The highest BCUT2D eigenvalue weighted by Gasteiger charge is 2.13. The van der Waals surface area contributed by atoms with Crippen LogP contribution in [-0.2, 0) is 0 Å². The van der Waals surface area contributed by atoms with E-state index in [-0.39, 0.29) is 11.9 Å². The first-order chi connectivity index (χ1) is 9.52. The largest absolute Gasteiger partial charge is 0.459 e. The molecule has 2 rings (SSSR count). The maximum Gasteiger partial charge on any atom is 0.137 e. The Morgan fingerprint density at radius 2 is 2.10 bits per heavy atom. The van der Waals surface area contributed by atoms with E-state index in [9.17, 15) is 4.39 Å². The van der Waals surface area contributed by atoms with Crippen LogP contribution in [0.1, 0.15) is 37.6 Å². The normalized spacial score (nSPS) is 12.7. The van der Waals surface area contributed by atoms with E-state index in [1.807, 2.05) is 19.1 Å². The van der Waals surface area contributed by atoms with Gasteiger partial charge in [0.1, 0.15) is 17.3 Å². The fraction of sp³-hybridized carbons (Fsp3) is 0.375. The van der Waals surface area contributed by atoms with E-state index in [0.29, 0.717) is 4.47 Å². The zero-order chi connectivity index (χ0) is 14.7. The van der Waals surface area contributed by atoms with Crippen LogP contribution in [0.4, 0.5) is 4.39 Å². The molecule has 1 aromatic carbocycles. The molecule has 0 aliphatic rings. The van der Waals surface area contributed by atoms with Crippen molar-refractivity contribution in [2.24, 2.45) is 0 Å². The van der Waals surface area contributed by atoms with Gasteiger partial charge < -0.3 is 9.73 Å². The summed E-state index contributed by atoms with van der Waals surface area (Å²) in [6.45, 7) is 7.04. The van der Waals surface area contributed by atoms with Crippen LogP contribution < -0.4 is 5.32 Å². The molecule has 4 heteroatoms. The molecule has 0 aliphatic heterocycles. The highest BCUT2D eigenvalue weighted by atomic mass is 79.9. The van der Waals surface area contributed by atoms with Crippen molar-refractivity contribution in [3.8, 4) is 11.3 Å². The molecule has 1 atom stereocenters. The van der Waals surface area contributed by atoms with Crippen LogP contribution >= 0.6 is 15.9 Å². The molecule has 1 aromatic heterocycles. The van der Waals surface area contributed by atoms with Crippen LogP contribution in [0.15, 0.2) is 33.2 Å². The molecule has 0 bridgehead atoms. The Morgan fingerprint density at radius 3 is 2.80 bits per heavy atom. The van der Waals surface area contributed by atoms with Crippen LogP contribution in [-0.4, -0.2) is 6.54 Å². The number of halogens is 2. The number of hydrogen-bond donors (Lipinski definition) is 1. The van der Waals surface area contributed by atoms with Gasteiger partial charge in [0.05, 0.1) is 10.5 Å². The van der Waals surface area contributed by atoms with Gasteiger partial charge in [-0.1, -0.05) is 6.92 Å². The lowest BCUT2D eigenvalue weighted by atomic mass is 10.1. The minimum Gasteiger partial charge on any atom is -0.459 e. The van der Waals surface area contributed by atoms with Crippen molar-refractivity contribution in [1.29, 1.82) is 0 Å². The van der Waals surface area contributed by atoms with Gasteiger partial charge in [-0.2, -0.15) is 0 Å². The molecule has 0 saturated heterocycles. The molecule has 0 amide bonds. The summed E-state index contributed by atoms with van der Waals surface area (Å²) in [6, 6.07) is 7.36. The lowest BCUT2D eigenvalue weighted by Crippen LogP contribution is -2.18. The Balaban J connectivity index is 2.27. The standard InChI is InChI=1S/C16H19BrFNO/c1-4-7-19-11(3)15-5-6-16(20-15)12-9-13(17)14(18)8-10(12)2/h5-6,8-9,11,19H,4,7H2,1-3H3. The molecule has 20 heavy (non-hydrogen) atoms. The number of aryl methyl sites for hydroxylation is 1. The highest BCUT2D eigenvalue weighted by Crippen LogP contribution is 2.31. The summed E-state index contributed by atoms with van der Waals surface area (Å²) in [5.41, 5.74) is 1.77. The lowest BCUT2D eigenvalue weighted by molar-refractivity contribution is 0.438. The first kappa shape index (κ1) is 15.3.